The second kappa shape index (κ2) is 7.55. The summed E-state index contributed by atoms with van der Waals surface area (Å²) < 4.78 is 10.5. The highest BCUT2D eigenvalue weighted by Crippen LogP contribution is 2.33. The Hall–Kier alpha value is -3.26. The number of nitrogens with one attached hydrogen (secondary N) is 2. The molecule has 27 heavy (non-hydrogen) atoms. The van der Waals surface area contributed by atoms with Gasteiger partial charge in [-0.2, -0.15) is 0 Å². The number of para-hydroxylation sites is 1. The van der Waals surface area contributed by atoms with E-state index in [0.717, 1.165) is 0 Å². The number of carbonyl (C=O) groups excluding carboxylic acids is 2. The van der Waals surface area contributed by atoms with Crippen LogP contribution in [0.15, 0.2) is 52.4 Å². The summed E-state index contributed by atoms with van der Waals surface area (Å²) in [6.45, 7) is 0.381. The van der Waals surface area contributed by atoms with Crippen molar-refractivity contribution < 1.29 is 23.8 Å². The molecule has 0 spiro atoms. The molecule has 0 saturated heterocycles. The maximum absolute atomic E-state index is 12.3. The Morgan fingerprint density at radius 3 is 2.70 bits per heavy atom. The number of aromatic hydroxyl groups is 1. The minimum atomic E-state index is -0.712. The number of hydrogen-bond donors (Lipinski definition) is 3. The Bertz CT molecular complexity index is 887. The van der Waals surface area contributed by atoms with Crippen molar-refractivity contribution in [2.45, 2.75) is 12.6 Å². The van der Waals surface area contributed by atoms with Gasteiger partial charge < -0.3 is 29.8 Å². The molecule has 2 aromatic rings. The molecule has 1 aromatic carbocycles. The number of phenolic OH excluding ortho intramolecular Hbond substituents is 1. The van der Waals surface area contributed by atoms with Crippen LogP contribution in [0.4, 0.5) is 5.69 Å². The number of phenols is 1. The molecule has 0 saturated carbocycles. The van der Waals surface area contributed by atoms with Gasteiger partial charge in [0, 0.05) is 21.2 Å². The number of benzene rings is 1. The zero-order valence-electron chi connectivity index (χ0n) is 15.3. The second-order valence-corrected chi connectivity index (χ2v) is 6.23. The lowest BCUT2D eigenvalue weighted by Crippen LogP contribution is -2.46. The standard InChI is InChI=1S/C19H21N3O5/c1-22(2)19(25)12-7-4-8-13(16(12)23)21-14-15(18(26-3)17(14)24)20-10-11-6-5-9-27-11/h4-9,18,20-21,23H,10H2,1-3H3. The van der Waals surface area contributed by atoms with Crippen LogP contribution in [0.1, 0.15) is 16.1 Å². The average molecular weight is 371 g/mol. The molecule has 0 radical (unpaired) electrons. The number of amides is 1. The highest BCUT2D eigenvalue weighted by molar-refractivity contribution is 6.11. The number of ether oxygens (including phenoxy) is 1. The number of nitrogens with zero attached hydrogens (tertiary/aromatic N) is 1. The third kappa shape index (κ3) is 3.52. The Balaban J connectivity index is 1.85. The summed E-state index contributed by atoms with van der Waals surface area (Å²) in [5.41, 5.74) is 1.24. The largest absolute Gasteiger partial charge is 0.505 e. The monoisotopic (exact) mass is 371 g/mol. The molecule has 0 aliphatic heterocycles. The van der Waals surface area contributed by atoms with E-state index in [1.165, 1.54) is 18.1 Å². The smallest absolute Gasteiger partial charge is 0.257 e. The molecule has 1 aliphatic carbocycles. The van der Waals surface area contributed by atoms with E-state index in [1.54, 1.807) is 38.6 Å². The third-order valence-corrected chi connectivity index (χ3v) is 4.22. The van der Waals surface area contributed by atoms with Crippen LogP contribution in [0.2, 0.25) is 0 Å². The molecular weight excluding hydrogens is 350 g/mol. The van der Waals surface area contributed by atoms with Gasteiger partial charge in [0.1, 0.15) is 11.5 Å². The molecule has 8 nitrogen and oxygen atoms in total. The highest BCUT2D eigenvalue weighted by atomic mass is 16.5. The zero-order chi connectivity index (χ0) is 19.6. The first-order valence-electron chi connectivity index (χ1n) is 8.32. The van der Waals surface area contributed by atoms with Gasteiger partial charge in [0.05, 0.1) is 29.8 Å². The van der Waals surface area contributed by atoms with Crippen molar-refractivity contribution >= 4 is 17.4 Å². The molecule has 1 aromatic heterocycles. The van der Waals surface area contributed by atoms with Crippen LogP contribution < -0.4 is 10.6 Å². The molecule has 1 atom stereocenters. The molecule has 0 bridgehead atoms. The number of ketones is 1. The van der Waals surface area contributed by atoms with E-state index in [0.29, 0.717) is 18.0 Å². The average Bonchev–Trinajstić information content (AvgIpc) is 3.16. The fraction of sp³-hybridized carbons (Fsp3) is 0.263. The van der Waals surface area contributed by atoms with E-state index in [-0.39, 0.29) is 34.4 Å². The lowest BCUT2D eigenvalue weighted by Gasteiger charge is -2.32. The summed E-state index contributed by atoms with van der Waals surface area (Å²) in [6, 6.07) is 8.33. The van der Waals surface area contributed by atoms with Gasteiger partial charge >= 0.3 is 0 Å². The quantitative estimate of drug-likeness (QED) is 0.636. The van der Waals surface area contributed by atoms with E-state index in [9.17, 15) is 14.7 Å². The Morgan fingerprint density at radius 1 is 1.30 bits per heavy atom. The lowest BCUT2D eigenvalue weighted by molar-refractivity contribution is -0.126. The van der Waals surface area contributed by atoms with Crippen molar-refractivity contribution in [1.82, 2.24) is 10.2 Å². The zero-order valence-corrected chi connectivity index (χ0v) is 15.3. The summed E-state index contributed by atoms with van der Waals surface area (Å²) >= 11 is 0. The molecule has 1 aliphatic rings. The van der Waals surface area contributed by atoms with Crippen molar-refractivity contribution in [3.05, 3.63) is 59.3 Å². The Morgan fingerprint density at radius 2 is 2.07 bits per heavy atom. The summed E-state index contributed by atoms with van der Waals surface area (Å²) in [4.78, 5) is 25.9. The van der Waals surface area contributed by atoms with Gasteiger partial charge in [-0.25, -0.2) is 0 Å². The molecular formula is C19H21N3O5. The minimum Gasteiger partial charge on any atom is -0.505 e. The van der Waals surface area contributed by atoms with Crippen molar-refractivity contribution in [3.8, 4) is 5.75 Å². The molecule has 0 fully saturated rings. The van der Waals surface area contributed by atoms with Crippen LogP contribution in [-0.4, -0.2) is 49.0 Å². The van der Waals surface area contributed by atoms with E-state index in [1.807, 2.05) is 6.07 Å². The maximum atomic E-state index is 12.3. The minimum absolute atomic E-state index is 0.144. The SMILES string of the molecule is COC1C(=O)C(Nc2cccc(C(=O)N(C)C)c2O)=C1NCc1ccco1. The molecule has 8 heteroatoms. The van der Waals surface area contributed by atoms with Gasteiger partial charge in [0.25, 0.3) is 5.91 Å². The number of hydrogen-bond acceptors (Lipinski definition) is 7. The fourth-order valence-electron chi connectivity index (χ4n) is 2.77. The predicted octanol–water partition coefficient (Wildman–Crippen LogP) is 1.70. The van der Waals surface area contributed by atoms with E-state index >= 15 is 0 Å². The van der Waals surface area contributed by atoms with Crippen molar-refractivity contribution in [2.24, 2.45) is 0 Å². The highest BCUT2D eigenvalue weighted by Gasteiger charge is 2.40. The molecule has 3 rings (SSSR count). The van der Waals surface area contributed by atoms with Gasteiger partial charge in [0.2, 0.25) is 5.78 Å². The summed E-state index contributed by atoms with van der Waals surface area (Å²) in [5, 5.41) is 16.5. The van der Waals surface area contributed by atoms with Crippen LogP contribution in [0.25, 0.3) is 0 Å². The molecule has 3 N–H and O–H groups in total. The van der Waals surface area contributed by atoms with Crippen molar-refractivity contribution in [2.75, 3.05) is 26.5 Å². The number of rotatable bonds is 7. The second-order valence-electron chi connectivity index (χ2n) is 6.23. The predicted molar refractivity (Wildman–Crippen MR) is 98.1 cm³/mol. The van der Waals surface area contributed by atoms with Crippen LogP contribution in [0.3, 0.4) is 0 Å². The first kappa shape index (κ1) is 18.5. The Kier molecular flexibility index (Phi) is 5.18. The van der Waals surface area contributed by atoms with E-state index in [2.05, 4.69) is 10.6 Å². The van der Waals surface area contributed by atoms with Crippen molar-refractivity contribution in [3.63, 3.8) is 0 Å². The molecule has 1 heterocycles. The first-order valence-corrected chi connectivity index (χ1v) is 8.32. The van der Waals surface area contributed by atoms with Crippen LogP contribution in [0, 0.1) is 0 Å². The molecule has 1 amide bonds. The number of furan rings is 1. The summed E-state index contributed by atoms with van der Waals surface area (Å²) in [7, 11) is 4.64. The van der Waals surface area contributed by atoms with Crippen LogP contribution >= 0.6 is 0 Å². The topological polar surface area (TPSA) is 104 Å². The maximum Gasteiger partial charge on any atom is 0.257 e. The molecule has 1 unspecified atom stereocenters. The Labute approximate surface area is 156 Å². The van der Waals surface area contributed by atoms with E-state index < -0.39 is 6.10 Å². The van der Waals surface area contributed by atoms with Crippen molar-refractivity contribution in [1.29, 1.82) is 0 Å². The third-order valence-electron chi connectivity index (χ3n) is 4.22. The van der Waals surface area contributed by atoms with Gasteiger partial charge in [-0.05, 0) is 24.3 Å². The van der Waals surface area contributed by atoms with Gasteiger partial charge in [-0.15, -0.1) is 0 Å². The number of anilines is 1. The number of Topliss-reactive ketones (excluding diaryl/α,β-unsaturated/α-hetero) is 1. The van der Waals surface area contributed by atoms with Crippen LogP contribution in [-0.2, 0) is 16.1 Å². The van der Waals surface area contributed by atoms with Crippen LogP contribution in [0.5, 0.6) is 5.75 Å². The fourth-order valence-corrected chi connectivity index (χ4v) is 2.77. The lowest BCUT2D eigenvalue weighted by atomic mass is 9.94. The summed E-state index contributed by atoms with van der Waals surface area (Å²) in [6.07, 6.45) is 0.853. The van der Waals surface area contributed by atoms with E-state index in [4.69, 9.17) is 9.15 Å². The normalized spacial score (nSPS) is 16.1. The first-order chi connectivity index (χ1) is 12.9. The van der Waals surface area contributed by atoms with Gasteiger partial charge in [0.15, 0.2) is 11.9 Å². The van der Waals surface area contributed by atoms with Gasteiger partial charge in [-0.3, -0.25) is 9.59 Å². The molecule has 142 valence electrons. The number of carbonyl (C=O) groups is 2. The number of methoxy groups -OCH3 is 1. The van der Waals surface area contributed by atoms with Gasteiger partial charge in [-0.1, -0.05) is 6.07 Å². The summed E-state index contributed by atoms with van der Waals surface area (Å²) in [5.74, 6) is -0.0978.